The number of nitrogens with zero attached hydrogens (tertiary/aromatic N) is 2. The SMILES string of the molecule is CCOC(=O)C1=C(C)Nc2ccccc2N=C1NC(=O)c1ccc2nc(C(F)F)[nH]c2c1. The van der Waals surface area contributed by atoms with E-state index < -0.39 is 24.1 Å². The Morgan fingerprint density at radius 2 is 1.97 bits per heavy atom. The Bertz CT molecular complexity index is 1280. The third kappa shape index (κ3) is 4.07. The monoisotopic (exact) mass is 439 g/mol. The van der Waals surface area contributed by atoms with Crippen molar-refractivity contribution in [3.05, 3.63) is 65.1 Å². The Balaban J connectivity index is 1.71. The van der Waals surface area contributed by atoms with Crippen molar-refractivity contribution >= 4 is 40.1 Å². The number of hydrogen-bond acceptors (Lipinski definition) is 6. The lowest BCUT2D eigenvalue weighted by molar-refractivity contribution is -0.137. The molecule has 0 saturated carbocycles. The third-order valence-corrected chi connectivity index (χ3v) is 4.75. The minimum atomic E-state index is -2.76. The van der Waals surface area contributed by atoms with Gasteiger partial charge in [0.05, 0.1) is 29.0 Å². The van der Waals surface area contributed by atoms with Gasteiger partial charge in [-0.25, -0.2) is 23.6 Å². The summed E-state index contributed by atoms with van der Waals surface area (Å²) in [7, 11) is 0. The van der Waals surface area contributed by atoms with Gasteiger partial charge in [-0.15, -0.1) is 0 Å². The molecule has 3 aromatic rings. The number of imidazole rings is 1. The molecule has 1 aliphatic heterocycles. The molecule has 10 heteroatoms. The van der Waals surface area contributed by atoms with Crippen molar-refractivity contribution in [2.24, 2.45) is 4.99 Å². The number of rotatable bonds is 4. The molecule has 0 unspecified atom stereocenters. The van der Waals surface area contributed by atoms with Crippen LogP contribution in [0.25, 0.3) is 11.0 Å². The normalized spacial score (nSPS) is 13.3. The van der Waals surface area contributed by atoms with E-state index in [0.29, 0.717) is 28.1 Å². The molecule has 3 N–H and O–H groups in total. The number of H-pyrrole nitrogens is 1. The number of esters is 1. The Kier molecular flexibility index (Phi) is 5.67. The number of aromatic nitrogens is 2. The number of ether oxygens (including phenoxy) is 1. The Hall–Kier alpha value is -4.08. The molecular formula is C22H19F2N5O3. The molecular weight excluding hydrogens is 420 g/mol. The summed E-state index contributed by atoms with van der Waals surface area (Å²) in [6.07, 6.45) is -2.76. The zero-order chi connectivity index (χ0) is 22.8. The number of fused-ring (bicyclic) bond motifs is 2. The number of carbonyl (C=O) groups is 2. The van der Waals surface area contributed by atoms with Gasteiger partial charge < -0.3 is 20.4 Å². The number of allylic oxidation sites excluding steroid dienone is 1. The molecule has 1 aliphatic rings. The van der Waals surface area contributed by atoms with Crippen molar-refractivity contribution in [3.8, 4) is 0 Å². The maximum absolute atomic E-state index is 13.0. The number of benzene rings is 2. The number of aromatic amines is 1. The number of anilines is 1. The Morgan fingerprint density at radius 1 is 1.19 bits per heavy atom. The molecule has 32 heavy (non-hydrogen) atoms. The molecule has 1 amide bonds. The molecule has 0 radical (unpaired) electrons. The predicted octanol–water partition coefficient (Wildman–Crippen LogP) is 4.22. The first-order chi connectivity index (χ1) is 15.4. The molecule has 0 bridgehead atoms. The third-order valence-electron chi connectivity index (χ3n) is 4.75. The number of hydrogen-bond donors (Lipinski definition) is 3. The van der Waals surface area contributed by atoms with Crippen LogP contribution in [0.5, 0.6) is 0 Å². The molecule has 2 heterocycles. The minimum absolute atomic E-state index is 0.0152. The average molecular weight is 439 g/mol. The number of alkyl halides is 2. The molecule has 0 saturated heterocycles. The van der Waals surface area contributed by atoms with Gasteiger partial charge in [0.25, 0.3) is 12.3 Å². The van der Waals surface area contributed by atoms with E-state index in [2.05, 4.69) is 25.6 Å². The van der Waals surface area contributed by atoms with Crippen LogP contribution >= 0.6 is 0 Å². The maximum Gasteiger partial charge on any atom is 0.343 e. The standard InChI is InChI=1S/C22H19F2N5O3/c1-3-32-22(31)17-11(2)25-13-6-4-5-7-14(13)26-19(17)29-21(30)12-8-9-15-16(10-12)28-20(27-15)18(23)24/h4-10,18,25H,3H2,1-2H3,(H,27,28)(H,26,29,30). The first-order valence-corrected chi connectivity index (χ1v) is 9.79. The lowest BCUT2D eigenvalue weighted by Gasteiger charge is -2.13. The van der Waals surface area contributed by atoms with Gasteiger partial charge in [-0.1, -0.05) is 12.1 Å². The summed E-state index contributed by atoms with van der Waals surface area (Å²) >= 11 is 0. The van der Waals surface area contributed by atoms with Crippen LogP contribution in [0.3, 0.4) is 0 Å². The molecule has 1 aromatic heterocycles. The van der Waals surface area contributed by atoms with Crippen LogP contribution < -0.4 is 10.6 Å². The zero-order valence-electron chi connectivity index (χ0n) is 17.2. The van der Waals surface area contributed by atoms with Gasteiger partial charge in [-0.05, 0) is 44.2 Å². The molecule has 0 fully saturated rings. The second-order valence-electron chi connectivity index (χ2n) is 6.93. The van der Waals surface area contributed by atoms with Gasteiger partial charge in [0.15, 0.2) is 5.82 Å². The van der Waals surface area contributed by atoms with Crippen molar-refractivity contribution < 1.29 is 23.1 Å². The fourth-order valence-electron chi connectivity index (χ4n) is 3.29. The van der Waals surface area contributed by atoms with Crippen LogP contribution in [0.2, 0.25) is 0 Å². The van der Waals surface area contributed by atoms with E-state index in [9.17, 15) is 18.4 Å². The van der Waals surface area contributed by atoms with Crippen LogP contribution in [0.4, 0.5) is 20.2 Å². The van der Waals surface area contributed by atoms with Crippen molar-refractivity contribution in [2.75, 3.05) is 11.9 Å². The van der Waals surface area contributed by atoms with Crippen LogP contribution in [-0.2, 0) is 9.53 Å². The van der Waals surface area contributed by atoms with E-state index in [1.807, 2.05) is 6.07 Å². The molecule has 8 nitrogen and oxygen atoms in total. The highest BCUT2D eigenvalue weighted by Gasteiger charge is 2.26. The van der Waals surface area contributed by atoms with E-state index >= 15 is 0 Å². The highest BCUT2D eigenvalue weighted by molar-refractivity contribution is 6.25. The summed E-state index contributed by atoms with van der Waals surface area (Å²) in [6, 6.07) is 11.5. The quantitative estimate of drug-likeness (QED) is 0.528. The van der Waals surface area contributed by atoms with Crippen LogP contribution in [0.1, 0.15) is 36.5 Å². The van der Waals surface area contributed by atoms with Gasteiger partial charge in [-0.2, -0.15) is 0 Å². The molecule has 2 aromatic carbocycles. The number of nitrogens with one attached hydrogen (secondary N) is 3. The highest BCUT2D eigenvalue weighted by atomic mass is 19.3. The molecule has 0 spiro atoms. The molecule has 0 atom stereocenters. The smallest absolute Gasteiger partial charge is 0.343 e. The van der Waals surface area contributed by atoms with E-state index in [0.717, 1.165) is 0 Å². The highest BCUT2D eigenvalue weighted by Crippen LogP contribution is 2.30. The number of halogens is 2. The number of amidine groups is 1. The Morgan fingerprint density at radius 3 is 2.72 bits per heavy atom. The topological polar surface area (TPSA) is 108 Å². The second kappa shape index (κ2) is 8.58. The fourth-order valence-corrected chi connectivity index (χ4v) is 3.29. The second-order valence-corrected chi connectivity index (χ2v) is 6.93. The first kappa shape index (κ1) is 21.2. The number of aliphatic imine (C=N–C) groups is 1. The summed E-state index contributed by atoms with van der Waals surface area (Å²) < 4.78 is 31.0. The Labute approximate surface area is 181 Å². The summed E-state index contributed by atoms with van der Waals surface area (Å²) in [5, 5.41) is 5.78. The van der Waals surface area contributed by atoms with Gasteiger partial charge in [0.1, 0.15) is 11.4 Å². The largest absolute Gasteiger partial charge is 0.462 e. The van der Waals surface area contributed by atoms with E-state index in [4.69, 9.17) is 4.74 Å². The van der Waals surface area contributed by atoms with E-state index in [1.165, 1.54) is 18.2 Å². The summed E-state index contributed by atoms with van der Waals surface area (Å²) in [5.41, 5.74) is 2.50. The van der Waals surface area contributed by atoms with E-state index in [1.54, 1.807) is 32.0 Å². The van der Waals surface area contributed by atoms with Crippen LogP contribution in [0, 0.1) is 0 Å². The van der Waals surface area contributed by atoms with Gasteiger partial charge in [0.2, 0.25) is 0 Å². The number of amides is 1. The lowest BCUT2D eigenvalue weighted by atomic mass is 10.1. The molecule has 4 rings (SSSR count). The van der Waals surface area contributed by atoms with E-state index in [-0.39, 0.29) is 23.6 Å². The molecule has 164 valence electrons. The van der Waals surface area contributed by atoms with Gasteiger partial charge in [0, 0.05) is 11.3 Å². The van der Waals surface area contributed by atoms with Crippen LogP contribution in [0.15, 0.2) is 58.7 Å². The minimum Gasteiger partial charge on any atom is -0.462 e. The van der Waals surface area contributed by atoms with Gasteiger partial charge in [-0.3, -0.25) is 4.79 Å². The average Bonchev–Trinajstić information content (AvgIpc) is 3.13. The summed E-state index contributed by atoms with van der Waals surface area (Å²) in [4.78, 5) is 36.4. The summed E-state index contributed by atoms with van der Waals surface area (Å²) in [6.45, 7) is 3.50. The van der Waals surface area contributed by atoms with Gasteiger partial charge >= 0.3 is 5.97 Å². The van der Waals surface area contributed by atoms with Crippen molar-refractivity contribution in [3.63, 3.8) is 0 Å². The molecule has 0 aliphatic carbocycles. The fraction of sp³-hybridized carbons (Fsp3) is 0.182. The lowest BCUT2D eigenvalue weighted by Crippen LogP contribution is -2.35. The van der Waals surface area contributed by atoms with Crippen molar-refractivity contribution in [1.82, 2.24) is 15.3 Å². The maximum atomic E-state index is 13.0. The first-order valence-electron chi connectivity index (χ1n) is 9.79. The van der Waals surface area contributed by atoms with Crippen molar-refractivity contribution in [1.29, 1.82) is 0 Å². The van der Waals surface area contributed by atoms with Crippen LogP contribution in [-0.4, -0.2) is 34.3 Å². The zero-order valence-corrected chi connectivity index (χ0v) is 17.2. The van der Waals surface area contributed by atoms with Crippen molar-refractivity contribution in [2.45, 2.75) is 20.3 Å². The number of para-hydroxylation sites is 2. The number of carbonyl (C=O) groups excluding carboxylic acids is 2. The predicted molar refractivity (Wildman–Crippen MR) is 115 cm³/mol. The summed E-state index contributed by atoms with van der Waals surface area (Å²) in [5.74, 6) is -1.68.